The molecule has 3 heterocycles. The lowest BCUT2D eigenvalue weighted by atomic mass is 10.2. The van der Waals surface area contributed by atoms with Gasteiger partial charge in [-0.3, -0.25) is 23.6 Å². The van der Waals surface area contributed by atoms with Gasteiger partial charge in [0.25, 0.3) is 11.5 Å². The minimum Gasteiger partial charge on any atom is -0.336 e. The lowest BCUT2D eigenvalue weighted by Crippen LogP contribution is -2.33. The molecule has 0 bridgehead atoms. The highest BCUT2D eigenvalue weighted by molar-refractivity contribution is 8.30. The van der Waals surface area contributed by atoms with Gasteiger partial charge >= 0.3 is 7.60 Å². The van der Waals surface area contributed by atoms with E-state index >= 15 is 0 Å². The molecule has 0 saturated carbocycles. The van der Waals surface area contributed by atoms with Crippen LogP contribution in [0.2, 0.25) is 0 Å². The summed E-state index contributed by atoms with van der Waals surface area (Å²) in [6.07, 6.45) is 2.77. The third-order valence-electron chi connectivity index (χ3n) is 5.13. The van der Waals surface area contributed by atoms with Crippen LogP contribution in [-0.4, -0.2) is 42.3 Å². The van der Waals surface area contributed by atoms with Crippen molar-refractivity contribution in [1.29, 1.82) is 0 Å². The van der Waals surface area contributed by atoms with E-state index < -0.39 is 19.8 Å². The molecule has 0 unspecified atom stereocenters. The molecule has 4 rings (SSSR count). The van der Waals surface area contributed by atoms with Gasteiger partial charge in [-0.05, 0) is 32.1 Å². The molecule has 1 aromatic carbocycles. The van der Waals surface area contributed by atoms with Gasteiger partial charge in [-0.25, -0.2) is 4.85 Å². The number of aromatic nitrogens is 1. The first-order valence-electron chi connectivity index (χ1n) is 10.3. The second-order valence-corrected chi connectivity index (χ2v) is 12.7. The van der Waals surface area contributed by atoms with E-state index in [1.807, 2.05) is 25.1 Å². The Labute approximate surface area is 218 Å². The number of carbonyl (C=O) groups is 1. The molecule has 2 N–H and O–H groups in total. The van der Waals surface area contributed by atoms with E-state index in [9.17, 15) is 23.9 Å². The number of benzene rings is 1. The molecule has 1 fully saturated rings. The highest BCUT2D eigenvalue weighted by Gasteiger charge is 2.37. The average molecular weight is 567 g/mol. The van der Waals surface area contributed by atoms with Gasteiger partial charge in [-0.2, -0.15) is 0 Å². The van der Waals surface area contributed by atoms with Gasteiger partial charge < -0.3 is 14.7 Å². The molecular formula is C21H19N4O5PS4. The van der Waals surface area contributed by atoms with Crippen LogP contribution in [0.1, 0.15) is 13.8 Å². The number of thiocarbonyl (C=S) groups is 1. The fourth-order valence-corrected chi connectivity index (χ4v) is 8.04. The second kappa shape index (κ2) is 10.1. The first kappa shape index (κ1) is 25.9. The molecule has 9 nitrogen and oxygen atoms in total. The summed E-state index contributed by atoms with van der Waals surface area (Å²) in [5.74, 6) is -0.619. The van der Waals surface area contributed by atoms with E-state index in [0.717, 1.165) is 43.6 Å². The number of thioether (sulfide) groups is 2. The number of hydrogen-bond donors (Lipinski definition) is 2. The Balaban J connectivity index is 1.77. The quantitative estimate of drug-likeness (QED) is 0.321. The highest BCUT2D eigenvalue weighted by atomic mass is 32.2. The van der Waals surface area contributed by atoms with Crippen LogP contribution in [0.4, 0.5) is 11.4 Å². The maximum Gasteiger partial charge on any atom is 0.345 e. The average Bonchev–Trinajstić information content (AvgIpc) is 3.42. The second-order valence-electron chi connectivity index (χ2n) is 7.34. The Morgan fingerprint density at radius 1 is 1.14 bits per heavy atom. The fourth-order valence-electron chi connectivity index (χ4n) is 3.58. The van der Waals surface area contributed by atoms with E-state index in [1.165, 1.54) is 4.57 Å². The van der Waals surface area contributed by atoms with Crippen molar-refractivity contribution in [2.75, 3.05) is 17.7 Å². The molecule has 2 aliphatic rings. The summed E-state index contributed by atoms with van der Waals surface area (Å²) in [4.78, 5) is 52.2. The number of amides is 1. The van der Waals surface area contributed by atoms with E-state index in [-0.39, 0.29) is 14.8 Å². The topological polar surface area (TPSA) is 107 Å². The maximum absolute atomic E-state index is 13.1. The summed E-state index contributed by atoms with van der Waals surface area (Å²) in [6, 6.07) is 5.54. The smallest absolute Gasteiger partial charge is 0.336 e. The maximum atomic E-state index is 13.1. The van der Waals surface area contributed by atoms with Crippen LogP contribution < -0.4 is 19.7 Å². The predicted molar refractivity (Wildman–Crippen MR) is 145 cm³/mol. The van der Waals surface area contributed by atoms with Gasteiger partial charge in [0, 0.05) is 23.7 Å². The number of anilines is 1. The Bertz CT molecular complexity index is 1550. The molecule has 35 heavy (non-hydrogen) atoms. The monoisotopic (exact) mass is 566 g/mol. The number of fused-ring (bicyclic) bond motifs is 1. The Hall–Kier alpha value is -2.17. The number of nitrogens with zero attached hydrogens (tertiary/aromatic N) is 4. The Morgan fingerprint density at radius 2 is 1.89 bits per heavy atom. The van der Waals surface area contributed by atoms with Crippen LogP contribution in [0.3, 0.4) is 0 Å². The summed E-state index contributed by atoms with van der Waals surface area (Å²) in [7, 11) is -4.50. The zero-order chi connectivity index (χ0) is 25.5. The fraction of sp³-hybridized carbons (Fsp3) is 0.238. The van der Waals surface area contributed by atoms with Crippen molar-refractivity contribution in [2.24, 2.45) is 0 Å². The highest BCUT2D eigenvalue weighted by Crippen LogP contribution is 2.47. The third kappa shape index (κ3) is 5.06. The summed E-state index contributed by atoms with van der Waals surface area (Å²) in [5, 5.41) is 0.912. The summed E-state index contributed by atoms with van der Waals surface area (Å²) >= 11 is 8.79. The molecule has 2 aromatic rings. The predicted octanol–water partition coefficient (Wildman–Crippen LogP) is 2.84. The van der Waals surface area contributed by atoms with Crippen molar-refractivity contribution in [3.63, 3.8) is 0 Å². The van der Waals surface area contributed by atoms with Gasteiger partial charge in [0.15, 0.2) is 5.69 Å². The Kier molecular flexibility index (Phi) is 7.45. The van der Waals surface area contributed by atoms with E-state index in [0.29, 0.717) is 28.0 Å². The number of allylic oxidation sites excluding steroid dienone is 1. The molecule has 0 radical (unpaired) electrons. The zero-order valence-electron chi connectivity index (χ0n) is 18.5. The Morgan fingerprint density at radius 3 is 2.51 bits per heavy atom. The SMILES string of the molecule is [C-]#[N+]c1ccc2c(c1)N(CC)C(=CC=c1sc(=C3SC(=S)N(CP(=O)(O)O)C3=O)n(CC)c1=O)S2. The van der Waals surface area contributed by atoms with Crippen LogP contribution in [0, 0.1) is 6.57 Å². The summed E-state index contributed by atoms with van der Waals surface area (Å²) in [5.41, 5.74) is 1.25. The van der Waals surface area contributed by atoms with Crippen LogP contribution in [0.15, 0.2) is 39.0 Å². The number of carbonyl (C=O) groups excluding carboxylic acids is 1. The van der Waals surface area contributed by atoms with Crippen molar-refractivity contribution in [2.45, 2.75) is 25.3 Å². The molecule has 2 aliphatic heterocycles. The van der Waals surface area contributed by atoms with Gasteiger partial charge in [-0.1, -0.05) is 47.9 Å². The minimum absolute atomic E-state index is 0.0435. The molecule has 1 saturated heterocycles. The standard InChI is InChI=1S/C21H19N4O5PS4/c1-4-23-13-10-12(22-3)6-7-14(13)33-16(23)9-8-15-18(26)24(5-2)20(34-15)17-19(27)25(21(32)35-17)11-31(28,29)30/h6-10H,4-5,11H2,1-2H3,(H2,28,29,30). The van der Waals surface area contributed by atoms with Gasteiger partial charge in [-0.15, -0.1) is 11.3 Å². The molecule has 14 heteroatoms. The van der Waals surface area contributed by atoms with Crippen LogP contribution in [-0.2, 0) is 15.9 Å². The first-order valence-corrected chi connectivity index (χ1v) is 14.9. The third-order valence-corrected chi connectivity index (χ3v) is 9.63. The van der Waals surface area contributed by atoms with Crippen LogP contribution in [0.25, 0.3) is 15.8 Å². The van der Waals surface area contributed by atoms with Crippen LogP contribution >= 0.6 is 54.7 Å². The van der Waals surface area contributed by atoms with Crippen molar-refractivity contribution in [3.05, 3.63) is 60.3 Å². The normalized spacial score (nSPS) is 19.2. The summed E-state index contributed by atoms with van der Waals surface area (Å²) in [6.45, 7) is 12.1. The molecule has 182 valence electrons. The van der Waals surface area contributed by atoms with E-state index in [2.05, 4.69) is 9.74 Å². The number of rotatable bonds is 5. The van der Waals surface area contributed by atoms with Gasteiger partial charge in [0.1, 0.15) is 20.2 Å². The van der Waals surface area contributed by atoms with E-state index in [1.54, 1.807) is 30.8 Å². The molecule has 0 spiro atoms. The molecule has 1 aromatic heterocycles. The van der Waals surface area contributed by atoms with Crippen molar-refractivity contribution in [1.82, 2.24) is 9.47 Å². The minimum atomic E-state index is -4.50. The lowest BCUT2D eigenvalue weighted by molar-refractivity contribution is -0.120. The van der Waals surface area contributed by atoms with Crippen LogP contribution in [0.5, 0.6) is 0 Å². The van der Waals surface area contributed by atoms with E-state index in [4.69, 9.17) is 18.8 Å². The zero-order valence-corrected chi connectivity index (χ0v) is 22.7. The van der Waals surface area contributed by atoms with Gasteiger partial charge in [0.05, 0.1) is 16.1 Å². The number of hydrogen-bond acceptors (Lipinski definition) is 8. The van der Waals surface area contributed by atoms with Crippen molar-refractivity contribution >= 4 is 87.3 Å². The van der Waals surface area contributed by atoms with Gasteiger partial charge in [0.2, 0.25) is 0 Å². The van der Waals surface area contributed by atoms with Crippen molar-refractivity contribution < 1.29 is 19.1 Å². The largest absolute Gasteiger partial charge is 0.345 e. The lowest BCUT2D eigenvalue weighted by Gasteiger charge is -2.17. The molecular weight excluding hydrogens is 547 g/mol. The molecule has 0 aliphatic carbocycles. The molecule has 0 atom stereocenters. The molecule has 1 amide bonds. The first-order chi connectivity index (χ1) is 16.6. The van der Waals surface area contributed by atoms with Crippen molar-refractivity contribution in [3.8, 4) is 0 Å². The summed E-state index contributed by atoms with van der Waals surface area (Å²) < 4.78 is 13.8. The number of thiazole rings is 1.